The number of rotatable bonds is 5. The number of benzene rings is 1. The molecule has 1 aromatic carbocycles. The van der Waals surface area contributed by atoms with Gasteiger partial charge in [-0.3, -0.25) is 0 Å². The Balaban J connectivity index is 2.49. The van der Waals surface area contributed by atoms with E-state index in [-0.39, 0.29) is 27.1 Å². The van der Waals surface area contributed by atoms with Crippen molar-refractivity contribution in [3.05, 3.63) is 39.9 Å². The number of aromatic nitrogens is 1. The number of sulfonamides is 1. The predicted octanol–water partition coefficient (Wildman–Crippen LogP) is 3.02. The van der Waals surface area contributed by atoms with Gasteiger partial charge in [0.25, 0.3) is 10.0 Å². The zero-order valence-electron chi connectivity index (χ0n) is 11.8. The zero-order chi connectivity index (χ0) is 16.5. The highest BCUT2D eigenvalue weighted by Gasteiger charge is 2.27. The maximum absolute atomic E-state index is 12.7. The van der Waals surface area contributed by atoms with E-state index in [1.54, 1.807) is 6.92 Å². The minimum absolute atomic E-state index is 0.0276. The fourth-order valence-corrected chi connectivity index (χ4v) is 4.56. The van der Waals surface area contributed by atoms with Crippen molar-refractivity contribution in [3.8, 4) is 0 Å². The predicted molar refractivity (Wildman–Crippen MR) is 85.5 cm³/mol. The van der Waals surface area contributed by atoms with Gasteiger partial charge in [0.1, 0.15) is 4.88 Å². The molecule has 0 atom stereocenters. The lowest BCUT2D eigenvalue weighted by atomic mass is 10.4. The van der Waals surface area contributed by atoms with Gasteiger partial charge in [0.15, 0.2) is 5.13 Å². The van der Waals surface area contributed by atoms with Crippen LogP contribution in [0.2, 0.25) is 5.02 Å². The van der Waals surface area contributed by atoms with Gasteiger partial charge in [-0.1, -0.05) is 22.9 Å². The van der Waals surface area contributed by atoms with Crippen LogP contribution in [0, 0.1) is 6.92 Å². The van der Waals surface area contributed by atoms with Crippen LogP contribution in [0.1, 0.15) is 22.3 Å². The minimum Gasteiger partial charge on any atom is -0.477 e. The second-order valence-electron chi connectivity index (χ2n) is 4.34. The number of aromatic carboxylic acids is 1. The molecule has 0 aliphatic heterocycles. The molecule has 1 N–H and O–H groups in total. The molecule has 0 bridgehead atoms. The summed E-state index contributed by atoms with van der Waals surface area (Å²) >= 11 is 6.60. The van der Waals surface area contributed by atoms with Gasteiger partial charge >= 0.3 is 5.97 Å². The normalized spacial score (nSPS) is 11.4. The number of nitrogens with zero attached hydrogens (tertiary/aromatic N) is 2. The summed E-state index contributed by atoms with van der Waals surface area (Å²) in [6.45, 7) is 3.33. The van der Waals surface area contributed by atoms with E-state index >= 15 is 0 Å². The number of hydrogen-bond donors (Lipinski definition) is 1. The molecule has 0 amide bonds. The fraction of sp³-hybridized carbons (Fsp3) is 0.231. The van der Waals surface area contributed by atoms with Crippen LogP contribution in [0.3, 0.4) is 0 Å². The Morgan fingerprint density at radius 3 is 2.41 bits per heavy atom. The van der Waals surface area contributed by atoms with E-state index in [4.69, 9.17) is 16.7 Å². The van der Waals surface area contributed by atoms with Gasteiger partial charge in [0, 0.05) is 11.6 Å². The van der Waals surface area contributed by atoms with Crippen molar-refractivity contribution in [3.63, 3.8) is 0 Å². The molecular formula is C13H13ClN2O4S2. The van der Waals surface area contributed by atoms with Gasteiger partial charge in [-0.25, -0.2) is 22.5 Å². The number of carboxylic acid groups (broad SMARTS) is 1. The lowest BCUT2D eigenvalue weighted by molar-refractivity contribution is 0.0701. The van der Waals surface area contributed by atoms with Gasteiger partial charge in [-0.05, 0) is 38.1 Å². The Labute approximate surface area is 137 Å². The Bertz CT molecular complexity index is 800. The van der Waals surface area contributed by atoms with E-state index in [0.717, 1.165) is 15.6 Å². The molecule has 9 heteroatoms. The van der Waals surface area contributed by atoms with Crippen LogP contribution in [0.5, 0.6) is 0 Å². The van der Waals surface area contributed by atoms with Crippen LogP contribution in [-0.4, -0.2) is 31.0 Å². The van der Waals surface area contributed by atoms with E-state index in [0.29, 0.717) is 5.02 Å². The average molecular weight is 361 g/mol. The van der Waals surface area contributed by atoms with Crippen LogP contribution >= 0.6 is 22.9 Å². The van der Waals surface area contributed by atoms with Crippen molar-refractivity contribution in [2.24, 2.45) is 0 Å². The molecule has 2 rings (SSSR count). The SMILES string of the molecule is CCN(c1nc(C)c(C(=O)O)s1)S(=O)(=O)c1ccc(Cl)cc1. The van der Waals surface area contributed by atoms with E-state index in [1.165, 1.54) is 31.2 Å². The van der Waals surface area contributed by atoms with Crippen LogP contribution in [0.15, 0.2) is 29.2 Å². The average Bonchev–Trinajstić information content (AvgIpc) is 2.81. The van der Waals surface area contributed by atoms with Crippen molar-refractivity contribution in [1.82, 2.24) is 4.98 Å². The third-order valence-corrected chi connectivity index (χ3v) is 6.30. The molecule has 0 unspecified atom stereocenters. The maximum atomic E-state index is 12.7. The van der Waals surface area contributed by atoms with Crippen LogP contribution in [0.4, 0.5) is 5.13 Å². The van der Waals surface area contributed by atoms with Gasteiger partial charge < -0.3 is 5.11 Å². The van der Waals surface area contributed by atoms with Crippen molar-refractivity contribution < 1.29 is 18.3 Å². The Morgan fingerprint density at radius 1 is 1.36 bits per heavy atom. The number of anilines is 1. The van der Waals surface area contributed by atoms with Crippen LogP contribution < -0.4 is 4.31 Å². The molecule has 0 fully saturated rings. The molecule has 0 saturated carbocycles. The smallest absolute Gasteiger partial charge is 0.347 e. The molecule has 6 nitrogen and oxygen atoms in total. The highest BCUT2D eigenvalue weighted by molar-refractivity contribution is 7.93. The van der Waals surface area contributed by atoms with Gasteiger partial charge in [0.2, 0.25) is 0 Å². The first-order valence-corrected chi connectivity index (χ1v) is 8.90. The Kier molecular flexibility index (Phi) is 4.74. The van der Waals surface area contributed by atoms with Crippen molar-refractivity contribution >= 4 is 44.1 Å². The van der Waals surface area contributed by atoms with Crippen molar-refractivity contribution in [1.29, 1.82) is 0 Å². The van der Waals surface area contributed by atoms with Gasteiger partial charge in [0.05, 0.1) is 10.6 Å². The quantitative estimate of drug-likeness (QED) is 0.885. The third kappa shape index (κ3) is 3.08. The molecule has 0 spiro atoms. The van der Waals surface area contributed by atoms with Crippen molar-refractivity contribution in [2.45, 2.75) is 18.7 Å². The number of carboxylic acids is 1. The fourth-order valence-electron chi connectivity index (χ4n) is 1.83. The molecule has 0 aliphatic rings. The van der Waals surface area contributed by atoms with Gasteiger partial charge in [-0.15, -0.1) is 0 Å². The second kappa shape index (κ2) is 6.23. The largest absolute Gasteiger partial charge is 0.477 e. The van der Waals surface area contributed by atoms with Crippen molar-refractivity contribution in [2.75, 3.05) is 10.8 Å². The Hall–Kier alpha value is -1.64. The van der Waals surface area contributed by atoms with E-state index in [1.807, 2.05) is 0 Å². The first-order valence-electron chi connectivity index (χ1n) is 6.26. The summed E-state index contributed by atoms with van der Waals surface area (Å²) in [5.74, 6) is -1.12. The molecule has 0 saturated heterocycles. The summed E-state index contributed by atoms with van der Waals surface area (Å²) in [5, 5.41) is 9.63. The molecule has 0 radical (unpaired) electrons. The zero-order valence-corrected chi connectivity index (χ0v) is 14.2. The molecular weight excluding hydrogens is 348 g/mol. The first kappa shape index (κ1) is 16.7. The number of carbonyl (C=O) groups is 1. The lowest BCUT2D eigenvalue weighted by Gasteiger charge is -2.19. The number of aryl methyl sites for hydroxylation is 1. The minimum atomic E-state index is -3.82. The molecule has 1 aromatic heterocycles. The lowest BCUT2D eigenvalue weighted by Crippen LogP contribution is -2.30. The highest BCUT2D eigenvalue weighted by Crippen LogP contribution is 2.30. The summed E-state index contributed by atoms with van der Waals surface area (Å²) in [5.41, 5.74) is 0.289. The van der Waals surface area contributed by atoms with E-state index in [2.05, 4.69) is 4.98 Å². The second-order valence-corrected chi connectivity index (χ2v) is 7.62. The van der Waals surface area contributed by atoms with Gasteiger partial charge in [-0.2, -0.15) is 0 Å². The van der Waals surface area contributed by atoms with E-state index < -0.39 is 16.0 Å². The number of hydrogen-bond acceptors (Lipinski definition) is 5. The monoisotopic (exact) mass is 360 g/mol. The highest BCUT2D eigenvalue weighted by atomic mass is 35.5. The first-order chi connectivity index (χ1) is 10.3. The summed E-state index contributed by atoms with van der Waals surface area (Å²) in [6.07, 6.45) is 0. The summed E-state index contributed by atoms with van der Waals surface area (Å²) in [4.78, 5) is 15.3. The molecule has 118 valence electrons. The maximum Gasteiger partial charge on any atom is 0.347 e. The number of halogens is 1. The van der Waals surface area contributed by atoms with E-state index in [9.17, 15) is 13.2 Å². The topological polar surface area (TPSA) is 87.6 Å². The Morgan fingerprint density at radius 2 is 1.95 bits per heavy atom. The molecule has 0 aliphatic carbocycles. The summed E-state index contributed by atoms with van der Waals surface area (Å²) in [6, 6.07) is 5.77. The molecule has 2 aromatic rings. The van der Waals surface area contributed by atoms with Crippen LogP contribution in [0.25, 0.3) is 0 Å². The standard InChI is InChI=1S/C13H13ClN2O4S2/c1-3-16(13-15-8(2)11(21-13)12(17)18)22(19,20)10-6-4-9(14)5-7-10/h4-7H,3H2,1-2H3,(H,17,18). The summed E-state index contributed by atoms with van der Waals surface area (Å²) < 4.78 is 26.4. The molecule has 1 heterocycles. The number of thiazole rings is 1. The third-order valence-electron chi connectivity index (χ3n) is 2.88. The van der Waals surface area contributed by atoms with Crippen LogP contribution in [-0.2, 0) is 10.0 Å². The molecule has 22 heavy (non-hydrogen) atoms. The summed E-state index contributed by atoms with van der Waals surface area (Å²) in [7, 11) is -3.82.